The highest BCUT2D eigenvalue weighted by Gasteiger charge is 2.47. The maximum absolute atomic E-state index is 11.9. The Morgan fingerprint density at radius 3 is 2.53 bits per heavy atom. The number of ether oxygens (including phenoxy) is 1. The minimum Gasteiger partial charge on any atom is -0.472 e. The highest BCUT2D eigenvalue weighted by molar-refractivity contribution is 6.70. The molecule has 0 bridgehead atoms. The molecule has 0 N–H and O–H groups in total. The number of methoxy groups -OCH3 is 1. The molecule has 0 aliphatic heterocycles. The van der Waals surface area contributed by atoms with Crippen molar-refractivity contribution in [3.63, 3.8) is 0 Å². The van der Waals surface area contributed by atoms with E-state index < -0.39 is 19.9 Å². The van der Waals surface area contributed by atoms with Gasteiger partial charge in [0.2, 0.25) is 0 Å². The van der Waals surface area contributed by atoms with Crippen LogP contribution in [0.15, 0.2) is 23.0 Å². The molecule has 1 rings (SSSR count). The third kappa shape index (κ3) is 2.75. The molecule has 0 amide bonds. The molecule has 1 aromatic rings. The third-order valence-corrected chi connectivity index (χ3v) is 2.94. The first-order valence-corrected chi connectivity index (χ1v) is 8.49. The van der Waals surface area contributed by atoms with Crippen molar-refractivity contribution in [1.29, 1.82) is 5.26 Å². The fourth-order valence-corrected chi connectivity index (χ4v) is 2.58. The molecule has 92 valence electrons. The number of esters is 1. The van der Waals surface area contributed by atoms with Gasteiger partial charge in [-0.25, -0.2) is 4.79 Å². The van der Waals surface area contributed by atoms with Gasteiger partial charge in [0.1, 0.15) is 6.07 Å². The molecule has 1 atom stereocenters. The van der Waals surface area contributed by atoms with Crippen LogP contribution in [-0.2, 0) is 19.6 Å². The standard InChI is InChI=1S/C11H15NO4Si/c1-14-10(13)11(8-12,16-17(2,3)4)9-5-6-15-7-9/h5-7H,1-4H3. The summed E-state index contributed by atoms with van der Waals surface area (Å²) in [4.78, 5) is 11.9. The lowest BCUT2D eigenvalue weighted by molar-refractivity contribution is -0.155. The summed E-state index contributed by atoms with van der Waals surface area (Å²) in [7, 11) is -0.890. The zero-order chi connectivity index (χ0) is 13.1. The second-order valence-corrected chi connectivity index (χ2v) is 8.94. The van der Waals surface area contributed by atoms with Gasteiger partial charge >= 0.3 is 5.97 Å². The van der Waals surface area contributed by atoms with E-state index in [9.17, 15) is 10.1 Å². The van der Waals surface area contributed by atoms with Gasteiger partial charge in [-0.2, -0.15) is 5.26 Å². The lowest BCUT2D eigenvalue weighted by Gasteiger charge is -2.30. The SMILES string of the molecule is COC(=O)C(C#N)(O[Si](C)(C)C)c1ccoc1. The summed E-state index contributed by atoms with van der Waals surface area (Å²) in [6.07, 6.45) is 2.71. The van der Waals surface area contributed by atoms with Crippen LogP contribution in [0, 0.1) is 11.3 Å². The number of nitriles is 1. The molecule has 1 unspecified atom stereocenters. The van der Waals surface area contributed by atoms with Gasteiger partial charge in [0, 0.05) is 5.56 Å². The van der Waals surface area contributed by atoms with Gasteiger partial charge in [0.05, 0.1) is 19.6 Å². The Bertz CT molecular complexity index is 429. The molecule has 0 saturated heterocycles. The van der Waals surface area contributed by atoms with E-state index in [4.69, 9.17) is 8.84 Å². The Morgan fingerprint density at radius 2 is 2.18 bits per heavy atom. The van der Waals surface area contributed by atoms with Crippen molar-refractivity contribution in [3.8, 4) is 6.07 Å². The Balaban J connectivity index is 3.26. The van der Waals surface area contributed by atoms with Crippen molar-refractivity contribution in [1.82, 2.24) is 0 Å². The normalized spacial score (nSPS) is 14.8. The predicted molar refractivity (Wildman–Crippen MR) is 62.4 cm³/mol. The van der Waals surface area contributed by atoms with E-state index in [-0.39, 0.29) is 0 Å². The number of carbonyl (C=O) groups excluding carboxylic acids is 1. The summed E-state index contributed by atoms with van der Waals surface area (Å²) in [6.45, 7) is 5.67. The predicted octanol–water partition coefficient (Wildman–Crippen LogP) is 2.02. The van der Waals surface area contributed by atoms with E-state index in [1.54, 1.807) is 0 Å². The lowest BCUT2D eigenvalue weighted by Crippen LogP contribution is -2.45. The van der Waals surface area contributed by atoms with Crippen LogP contribution in [-0.4, -0.2) is 21.4 Å². The summed E-state index contributed by atoms with van der Waals surface area (Å²) in [5, 5.41) is 9.32. The van der Waals surface area contributed by atoms with Crippen molar-refractivity contribution in [2.45, 2.75) is 25.2 Å². The highest BCUT2D eigenvalue weighted by Crippen LogP contribution is 2.30. The number of hydrogen-bond acceptors (Lipinski definition) is 5. The van der Waals surface area contributed by atoms with E-state index in [1.165, 1.54) is 25.7 Å². The van der Waals surface area contributed by atoms with Crippen LogP contribution in [0.2, 0.25) is 19.6 Å². The number of rotatable bonds is 4. The Labute approximate surface area is 101 Å². The summed E-state index contributed by atoms with van der Waals surface area (Å²) in [6, 6.07) is 3.43. The smallest absolute Gasteiger partial charge is 0.357 e. The van der Waals surface area contributed by atoms with Gasteiger partial charge in [0.25, 0.3) is 5.60 Å². The number of carbonyl (C=O) groups is 1. The number of nitrogens with zero attached hydrogens (tertiary/aromatic N) is 1. The van der Waals surface area contributed by atoms with E-state index in [0.29, 0.717) is 5.56 Å². The molecule has 6 heteroatoms. The van der Waals surface area contributed by atoms with Crippen LogP contribution in [0.25, 0.3) is 0 Å². The van der Waals surface area contributed by atoms with Crippen molar-refractivity contribution < 1.29 is 18.4 Å². The van der Waals surface area contributed by atoms with Crippen LogP contribution in [0.3, 0.4) is 0 Å². The van der Waals surface area contributed by atoms with Gasteiger partial charge < -0.3 is 13.6 Å². The Kier molecular flexibility index (Phi) is 3.75. The van der Waals surface area contributed by atoms with Gasteiger partial charge in [-0.1, -0.05) is 0 Å². The van der Waals surface area contributed by atoms with Gasteiger partial charge in [-0.3, -0.25) is 0 Å². The molecule has 0 aliphatic rings. The minimum atomic E-state index is -2.11. The van der Waals surface area contributed by atoms with Crippen LogP contribution in [0.1, 0.15) is 5.56 Å². The molecule has 0 spiro atoms. The molecule has 17 heavy (non-hydrogen) atoms. The Hall–Kier alpha value is -1.58. The van der Waals surface area contributed by atoms with E-state index >= 15 is 0 Å². The maximum Gasteiger partial charge on any atom is 0.357 e. The topological polar surface area (TPSA) is 72.5 Å². The highest BCUT2D eigenvalue weighted by atomic mass is 28.4. The largest absolute Gasteiger partial charge is 0.472 e. The molecule has 5 nitrogen and oxygen atoms in total. The fourth-order valence-electron chi connectivity index (χ4n) is 1.42. The first-order valence-electron chi connectivity index (χ1n) is 5.08. The summed E-state index contributed by atoms with van der Waals surface area (Å²) >= 11 is 0. The Morgan fingerprint density at radius 1 is 1.53 bits per heavy atom. The summed E-state index contributed by atoms with van der Waals surface area (Å²) in [5.74, 6) is -0.733. The second-order valence-electron chi connectivity index (χ2n) is 4.51. The molecule has 1 heterocycles. The van der Waals surface area contributed by atoms with E-state index in [2.05, 4.69) is 4.74 Å². The third-order valence-electron chi connectivity index (χ3n) is 2.02. The molecule has 0 radical (unpaired) electrons. The lowest BCUT2D eigenvalue weighted by atomic mass is 9.99. The van der Waals surface area contributed by atoms with Gasteiger partial charge in [-0.15, -0.1) is 0 Å². The van der Waals surface area contributed by atoms with E-state index in [1.807, 2.05) is 25.7 Å². The zero-order valence-electron chi connectivity index (χ0n) is 10.3. The quantitative estimate of drug-likeness (QED) is 0.606. The van der Waals surface area contributed by atoms with Crippen LogP contribution in [0.4, 0.5) is 0 Å². The molecular weight excluding hydrogens is 238 g/mol. The maximum atomic E-state index is 11.9. The molecule has 0 saturated carbocycles. The fraction of sp³-hybridized carbons (Fsp3) is 0.455. The van der Waals surface area contributed by atoms with E-state index in [0.717, 1.165) is 0 Å². The van der Waals surface area contributed by atoms with Gasteiger partial charge in [0.15, 0.2) is 8.32 Å². The van der Waals surface area contributed by atoms with Crippen LogP contribution >= 0.6 is 0 Å². The average molecular weight is 253 g/mol. The van der Waals surface area contributed by atoms with Crippen molar-refractivity contribution in [2.24, 2.45) is 0 Å². The average Bonchev–Trinajstić information content (AvgIpc) is 2.77. The summed E-state index contributed by atoms with van der Waals surface area (Å²) in [5.41, 5.74) is -1.37. The minimum absolute atomic E-state index is 0.356. The van der Waals surface area contributed by atoms with Crippen molar-refractivity contribution in [2.75, 3.05) is 7.11 Å². The first-order chi connectivity index (χ1) is 7.85. The molecule has 0 aliphatic carbocycles. The summed E-state index contributed by atoms with van der Waals surface area (Å²) < 4.78 is 15.3. The van der Waals surface area contributed by atoms with Gasteiger partial charge in [-0.05, 0) is 25.7 Å². The zero-order valence-corrected chi connectivity index (χ0v) is 11.3. The molecule has 0 aromatic carbocycles. The first kappa shape index (κ1) is 13.5. The van der Waals surface area contributed by atoms with Crippen LogP contribution in [0.5, 0.6) is 0 Å². The van der Waals surface area contributed by atoms with Crippen molar-refractivity contribution in [3.05, 3.63) is 24.2 Å². The number of hydrogen-bond donors (Lipinski definition) is 0. The number of furan rings is 1. The van der Waals surface area contributed by atoms with Crippen molar-refractivity contribution >= 4 is 14.3 Å². The van der Waals surface area contributed by atoms with Crippen LogP contribution < -0.4 is 0 Å². The molecular formula is C11H15NO4Si. The second kappa shape index (κ2) is 4.73. The monoisotopic (exact) mass is 253 g/mol. The molecule has 1 aromatic heterocycles. The molecule has 0 fully saturated rings.